The van der Waals surface area contributed by atoms with Crippen LogP contribution in [0.2, 0.25) is 0 Å². The first kappa shape index (κ1) is 14.0. The molecule has 6 heteroatoms. The topological polar surface area (TPSA) is 47.0 Å². The first-order valence-corrected chi connectivity index (χ1v) is 8.00. The fraction of sp³-hybridized carbons (Fsp3) is 0.571. The van der Waals surface area contributed by atoms with Gasteiger partial charge in [-0.1, -0.05) is 0 Å². The van der Waals surface area contributed by atoms with Crippen LogP contribution >= 0.6 is 23.6 Å². The zero-order valence-corrected chi connectivity index (χ0v) is 13.5. The summed E-state index contributed by atoms with van der Waals surface area (Å²) >= 11 is 7.05. The number of aryl methyl sites for hydroxylation is 2. The van der Waals surface area contributed by atoms with E-state index in [1.165, 1.54) is 0 Å². The second kappa shape index (κ2) is 4.79. The molecule has 1 saturated heterocycles. The van der Waals surface area contributed by atoms with Crippen LogP contribution in [0.1, 0.15) is 30.2 Å². The van der Waals surface area contributed by atoms with Crippen molar-refractivity contribution >= 4 is 33.8 Å². The Hall–Kier alpha value is -0.980. The first-order valence-electron chi connectivity index (χ1n) is 6.77. The number of nitrogens with one attached hydrogen (secondary N) is 1. The standard InChI is InChI=1S/C14H18N2O2S2/c1-8-9(2)20-11-10(8)12(17)16(13(19)15-11)14(3)4-6-18-7-5-14/h4-7H2,1-3H3,(H,15,19). The summed E-state index contributed by atoms with van der Waals surface area (Å²) in [6.45, 7) is 7.50. The molecule has 108 valence electrons. The molecule has 0 unspecified atom stereocenters. The molecule has 0 aromatic carbocycles. The Labute approximate surface area is 126 Å². The van der Waals surface area contributed by atoms with Gasteiger partial charge in [0.2, 0.25) is 0 Å². The largest absolute Gasteiger partial charge is 0.381 e. The lowest BCUT2D eigenvalue weighted by Gasteiger charge is -2.35. The van der Waals surface area contributed by atoms with Gasteiger partial charge in [0.15, 0.2) is 4.77 Å². The molecule has 0 atom stereocenters. The predicted molar refractivity (Wildman–Crippen MR) is 84.4 cm³/mol. The Morgan fingerprint density at radius 3 is 2.65 bits per heavy atom. The van der Waals surface area contributed by atoms with E-state index in [1.807, 2.05) is 13.8 Å². The van der Waals surface area contributed by atoms with Crippen LogP contribution in [-0.2, 0) is 10.3 Å². The average molecular weight is 310 g/mol. The molecule has 1 N–H and O–H groups in total. The second-order valence-electron chi connectivity index (χ2n) is 5.67. The van der Waals surface area contributed by atoms with Gasteiger partial charge >= 0.3 is 0 Å². The number of aromatic amines is 1. The molecular formula is C14H18N2O2S2. The number of thiophene rings is 1. The van der Waals surface area contributed by atoms with Crippen LogP contribution in [0.15, 0.2) is 4.79 Å². The zero-order chi connectivity index (χ0) is 14.5. The van der Waals surface area contributed by atoms with Crippen molar-refractivity contribution in [2.75, 3.05) is 13.2 Å². The monoisotopic (exact) mass is 310 g/mol. The van der Waals surface area contributed by atoms with Crippen molar-refractivity contribution in [2.45, 2.75) is 39.2 Å². The smallest absolute Gasteiger partial charge is 0.263 e. The minimum Gasteiger partial charge on any atom is -0.381 e. The van der Waals surface area contributed by atoms with Crippen LogP contribution in [-0.4, -0.2) is 22.8 Å². The molecule has 4 nitrogen and oxygen atoms in total. The summed E-state index contributed by atoms with van der Waals surface area (Å²) in [7, 11) is 0. The molecule has 1 aliphatic heterocycles. The third-order valence-corrected chi connectivity index (χ3v) is 5.74. The lowest BCUT2D eigenvalue weighted by atomic mass is 9.92. The Morgan fingerprint density at radius 1 is 1.35 bits per heavy atom. The van der Waals surface area contributed by atoms with E-state index in [9.17, 15) is 4.79 Å². The summed E-state index contributed by atoms with van der Waals surface area (Å²) < 4.78 is 7.72. The van der Waals surface area contributed by atoms with E-state index in [0.717, 1.165) is 33.5 Å². The van der Waals surface area contributed by atoms with Crippen molar-refractivity contribution in [1.29, 1.82) is 0 Å². The molecule has 0 spiro atoms. The van der Waals surface area contributed by atoms with Crippen molar-refractivity contribution in [3.05, 3.63) is 25.6 Å². The molecule has 2 aromatic rings. The minimum absolute atomic E-state index is 0.0370. The maximum Gasteiger partial charge on any atom is 0.263 e. The molecule has 3 heterocycles. The molecule has 0 saturated carbocycles. The van der Waals surface area contributed by atoms with E-state index >= 15 is 0 Å². The van der Waals surface area contributed by atoms with Gasteiger partial charge in [0.25, 0.3) is 5.56 Å². The molecule has 3 rings (SSSR count). The number of fused-ring (bicyclic) bond motifs is 1. The van der Waals surface area contributed by atoms with Gasteiger partial charge in [-0.15, -0.1) is 11.3 Å². The zero-order valence-electron chi connectivity index (χ0n) is 11.9. The Morgan fingerprint density at radius 2 is 2.00 bits per heavy atom. The second-order valence-corrected chi connectivity index (χ2v) is 7.28. The lowest BCUT2D eigenvalue weighted by Crippen LogP contribution is -2.43. The van der Waals surface area contributed by atoms with Gasteiger partial charge < -0.3 is 9.72 Å². The summed E-state index contributed by atoms with van der Waals surface area (Å²) in [4.78, 5) is 18.2. The maximum absolute atomic E-state index is 12.9. The summed E-state index contributed by atoms with van der Waals surface area (Å²) in [5, 5.41) is 0.786. The summed E-state index contributed by atoms with van der Waals surface area (Å²) in [6, 6.07) is 0. The number of H-pyrrole nitrogens is 1. The Kier molecular flexibility index (Phi) is 3.35. The van der Waals surface area contributed by atoms with Gasteiger partial charge in [0.05, 0.1) is 10.9 Å². The summed E-state index contributed by atoms with van der Waals surface area (Å²) in [5.41, 5.74) is 0.847. The summed E-state index contributed by atoms with van der Waals surface area (Å²) in [6.07, 6.45) is 1.64. The van der Waals surface area contributed by atoms with Crippen LogP contribution in [0, 0.1) is 18.6 Å². The van der Waals surface area contributed by atoms with Gasteiger partial charge in [-0.2, -0.15) is 0 Å². The van der Waals surface area contributed by atoms with Crippen LogP contribution in [0.25, 0.3) is 10.2 Å². The van der Waals surface area contributed by atoms with Crippen LogP contribution in [0.5, 0.6) is 0 Å². The fourth-order valence-electron chi connectivity index (χ4n) is 2.85. The van der Waals surface area contributed by atoms with Gasteiger partial charge in [-0.25, -0.2) is 0 Å². The average Bonchev–Trinajstić information content (AvgIpc) is 2.65. The molecule has 0 amide bonds. The predicted octanol–water partition coefficient (Wildman–Crippen LogP) is 3.26. The SMILES string of the molecule is Cc1sc2[nH]c(=S)n(C3(C)CCOCC3)c(=O)c2c1C. The van der Waals surface area contributed by atoms with E-state index in [2.05, 4.69) is 11.9 Å². The van der Waals surface area contributed by atoms with Crippen molar-refractivity contribution in [2.24, 2.45) is 0 Å². The quantitative estimate of drug-likeness (QED) is 0.822. The number of hydrogen-bond acceptors (Lipinski definition) is 4. The van der Waals surface area contributed by atoms with E-state index < -0.39 is 0 Å². The van der Waals surface area contributed by atoms with Gasteiger partial charge in [0, 0.05) is 18.1 Å². The van der Waals surface area contributed by atoms with Crippen molar-refractivity contribution < 1.29 is 4.74 Å². The highest BCUT2D eigenvalue weighted by Crippen LogP contribution is 2.30. The molecule has 1 aliphatic rings. The molecule has 20 heavy (non-hydrogen) atoms. The Balaban J connectivity index is 2.34. The normalized spacial score (nSPS) is 18.6. The van der Waals surface area contributed by atoms with Crippen molar-refractivity contribution in [3.8, 4) is 0 Å². The molecule has 0 radical (unpaired) electrons. The number of hydrogen-bond donors (Lipinski definition) is 1. The highest BCUT2D eigenvalue weighted by Gasteiger charge is 2.32. The Bertz CT molecular complexity index is 779. The first-order chi connectivity index (χ1) is 9.44. The highest BCUT2D eigenvalue weighted by molar-refractivity contribution is 7.71. The summed E-state index contributed by atoms with van der Waals surface area (Å²) in [5.74, 6) is 0. The third kappa shape index (κ3) is 1.98. The molecule has 0 aliphatic carbocycles. The molecule has 1 fully saturated rings. The van der Waals surface area contributed by atoms with Crippen molar-refractivity contribution in [1.82, 2.24) is 9.55 Å². The van der Waals surface area contributed by atoms with E-state index in [-0.39, 0.29) is 11.1 Å². The van der Waals surface area contributed by atoms with Crippen LogP contribution < -0.4 is 5.56 Å². The lowest BCUT2D eigenvalue weighted by molar-refractivity contribution is 0.0272. The number of ether oxygens (including phenoxy) is 1. The fourth-order valence-corrected chi connectivity index (χ4v) is 4.38. The highest BCUT2D eigenvalue weighted by atomic mass is 32.1. The number of rotatable bonds is 1. The molecule has 2 aromatic heterocycles. The van der Waals surface area contributed by atoms with Crippen molar-refractivity contribution in [3.63, 3.8) is 0 Å². The maximum atomic E-state index is 12.9. The van der Waals surface area contributed by atoms with Crippen LogP contribution in [0.4, 0.5) is 0 Å². The van der Waals surface area contributed by atoms with E-state index in [4.69, 9.17) is 17.0 Å². The van der Waals surface area contributed by atoms with Gasteiger partial charge in [0.1, 0.15) is 4.83 Å². The third-order valence-electron chi connectivity index (χ3n) is 4.34. The van der Waals surface area contributed by atoms with E-state index in [1.54, 1.807) is 15.9 Å². The number of aromatic nitrogens is 2. The molecule has 0 bridgehead atoms. The van der Waals surface area contributed by atoms with E-state index in [0.29, 0.717) is 18.0 Å². The minimum atomic E-state index is -0.251. The van der Waals surface area contributed by atoms with Gasteiger partial charge in [-0.05, 0) is 51.4 Å². The van der Waals surface area contributed by atoms with Crippen LogP contribution in [0.3, 0.4) is 0 Å². The van der Waals surface area contributed by atoms with Gasteiger partial charge in [-0.3, -0.25) is 9.36 Å². The molecular weight excluding hydrogens is 292 g/mol. The number of nitrogens with zero attached hydrogens (tertiary/aromatic N) is 1.